The number of hydrogen-bond acceptors (Lipinski definition) is 4. The van der Waals surface area contributed by atoms with E-state index in [0.29, 0.717) is 13.2 Å². The first-order chi connectivity index (χ1) is 8.29. The summed E-state index contributed by atoms with van der Waals surface area (Å²) in [5, 5.41) is 0. The van der Waals surface area contributed by atoms with Crippen LogP contribution in [-0.2, 0) is 9.47 Å². The molecule has 2 aliphatic heterocycles. The summed E-state index contributed by atoms with van der Waals surface area (Å²) in [4.78, 5) is 2.27. The number of benzene rings is 1. The zero-order valence-electron chi connectivity index (χ0n) is 9.89. The lowest BCUT2D eigenvalue weighted by atomic mass is 10.0. The zero-order valence-corrected chi connectivity index (χ0v) is 9.89. The molecular formula is C13H18N2O2. The molecule has 4 nitrogen and oxygen atoms in total. The Bertz CT molecular complexity index is 402. The van der Waals surface area contributed by atoms with Gasteiger partial charge in [-0.05, 0) is 18.6 Å². The number of nitrogens with zero attached hydrogens (tertiary/aromatic N) is 1. The third-order valence-corrected chi connectivity index (χ3v) is 3.51. The number of nitrogens with two attached hydrogens (primary N) is 1. The number of ether oxygens (including phenoxy) is 2. The monoisotopic (exact) mass is 234 g/mol. The second-order valence-corrected chi connectivity index (χ2v) is 4.69. The fraction of sp³-hybridized carbons (Fsp3) is 0.538. The van der Waals surface area contributed by atoms with Crippen LogP contribution in [0.4, 0.5) is 11.4 Å². The summed E-state index contributed by atoms with van der Waals surface area (Å²) in [6.07, 6.45) is 2.06. The van der Waals surface area contributed by atoms with Crippen LogP contribution in [0.1, 0.15) is 12.8 Å². The Morgan fingerprint density at radius 2 is 1.94 bits per heavy atom. The first-order valence-electron chi connectivity index (χ1n) is 6.16. The summed E-state index contributed by atoms with van der Waals surface area (Å²) in [6, 6.07) is 7.97. The third-order valence-electron chi connectivity index (χ3n) is 3.51. The quantitative estimate of drug-likeness (QED) is 0.750. The minimum Gasteiger partial charge on any atom is -0.397 e. The van der Waals surface area contributed by atoms with Gasteiger partial charge in [0.2, 0.25) is 0 Å². The average molecular weight is 234 g/mol. The van der Waals surface area contributed by atoms with Crippen molar-refractivity contribution in [3.8, 4) is 0 Å². The standard InChI is InChI=1S/C13H18N2O2/c14-11-4-1-2-5-12(11)15-7-3-6-13(10-15)16-8-9-17-13/h1-2,4-5H,3,6-10,14H2. The lowest BCUT2D eigenvalue weighted by Crippen LogP contribution is -2.49. The molecule has 0 radical (unpaired) electrons. The average Bonchev–Trinajstić information content (AvgIpc) is 2.78. The molecule has 0 unspecified atom stereocenters. The lowest BCUT2D eigenvalue weighted by Gasteiger charge is -2.40. The highest BCUT2D eigenvalue weighted by molar-refractivity contribution is 5.67. The van der Waals surface area contributed by atoms with E-state index in [1.807, 2.05) is 18.2 Å². The molecular weight excluding hydrogens is 216 g/mol. The van der Waals surface area contributed by atoms with E-state index in [-0.39, 0.29) is 5.79 Å². The topological polar surface area (TPSA) is 47.7 Å². The largest absolute Gasteiger partial charge is 0.397 e. The molecule has 92 valence electrons. The van der Waals surface area contributed by atoms with Crippen LogP contribution in [0.3, 0.4) is 0 Å². The summed E-state index contributed by atoms with van der Waals surface area (Å²) in [5.41, 5.74) is 7.93. The molecule has 0 saturated carbocycles. The van der Waals surface area contributed by atoms with Gasteiger partial charge in [0.1, 0.15) is 0 Å². The van der Waals surface area contributed by atoms with Gasteiger partial charge in [0.15, 0.2) is 5.79 Å². The molecule has 0 amide bonds. The number of rotatable bonds is 1. The van der Waals surface area contributed by atoms with E-state index < -0.39 is 0 Å². The number of hydrogen-bond donors (Lipinski definition) is 1. The number of para-hydroxylation sites is 2. The summed E-state index contributed by atoms with van der Waals surface area (Å²) < 4.78 is 11.5. The van der Waals surface area contributed by atoms with Crippen LogP contribution in [-0.4, -0.2) is 32.1 Å². The van der Waals surface area contributed by atoms with E-state index in [9.17, 15) is 0 Å². The molecule has 1 spiro atoms. The molecule has 3 rings (SSSR count). The maximum Gasteiger partial charge on any atom is 0.186 e. The van der Waals surface area contributed by atoms with Gasteiger partial charge in [-0.2, -0.15) is 0 Å². The first-order valence-corrected chi connectivity index (χ1v) is 6.16. The molecule has 0 aromatic heterocycles. The third kappa shape index (κ3) is 1.98. The molecule has 17 heavy (non-hydrogen) atoms. The van der Waals surface area contributed by atoms with Crippen molar-refractivity contribution >= 4 is 11.4 Å². The second kappa shape index (κ2) is 4.20. The van der Waals surface area contributed by atoms with Crippen LogP contribution in [0.2, 0.25) is 0 Å². The van der Waals surface area contributed by atoms with Crippen LogP contribution in [0.15, 0.2) is 24.3 Å². The minimum absolute atomic E-state index is 0.388. The van der Waals surface area contributed by atoms with E-state index in [4.69, 9.17) is 15.2 Å². The zero-order chi connectivity index (χ0) is 11.7. The molecule has 2 fully saturated rings. The Labute approximate surface area is 101 Å². The van der Waals surface area contributed by atoms with E-state index in [1.54, 1.807) is 0 Å². The van der Waals surface area contributed by atoms with Crippen molar-refractivity contribution < 1.29 is 9.47 Å². The molecule has 2 N–H and O–H groups in total. The van der Waals surface area contributed by atoms with Crippen molar-refractivity contribution in [3.63, 3.8) is 0 Å². The highest BCUT2D eigenvalue weighted by Crippen LogP contribution is 2.34. The van der Waals surface area contributed by atoms with E-state index in [0.717, 1.165) is 37.3 Å². The molecule has 0 atom stereocenters. The molecule has 2 saturated heterocycles. The molecule has 1 aromatic carbocycles. The van der Waals surface area contributed by atoms with Gasteiger partial charge < -0.3 is 20.1 Å². The predicted octanol–water partition coefficient (Wildman–Crippen LogP) is 1.61. The molecule has 1 aromatic rings. The van der Waals surface area contributed by atoms with E-state index in [2.05, 4.69) is 11.0 Å². The van der Waals surface area contributed by atoms with E-state index in [1.165, 1.54) is 0 Å². The Balaban J connectivity index is 1.82. The number of nitrogen functional groups attached to an aromatic ring is 1. The Kier molecular flexibility index (Phi) is 2.68. The SMILES string of the molecule is Nc1ccccc1N1CCCC2(C1)OCCO2. The fourth-order valence-corrected chi connectivity index (χ4v) is 2.70. The lowest BCUT2D eigenvalue weighted by molar-refractivity contribution is -0.161. The Morgan fingerprint density at radius 3 is 2.71 bits per heavy atom. The van der Waals surface area contributed by atoms with Crippen LogP contribution in [0.25, 0.3) is 0 Å². The van der Waals surface area contributed by atoms with Gasteiger partial charge in [-0.15, -0.1) is 0 Å². The van der Waals surface area contributed by atoms with E-state index >= 15 is 0 Å². The van der Waals surface area contributed by atoms with Gasteiger partial charge in [0.05, 0.1) is 31.1 Å². The summed E-state index contributed by atoms with van der Waals surface area (Å²) in [5.74, 6) is -0.388. The molecule has 0 aliphatic carbocycles. The maximum atomic E-state index is 6.02. The maximum absolute atomic E-state index is 6.02. The van der Waals surface area contributed by atoms with Crippen LogP contribution < -0.4 is 10.6 Å². The number of piperidine rings is 1. The fourth-order valence-electron chi connectivity index (χ4n) is 2.70. The van der Waals surface area contributed by atoms with Crippen molar-refractivity contribution in [3.05, 3.63) is 24.3 Å². The van der Waals surface area contributed by atoms with Crippen molar-refractivity contribution in [2.45, 2.75) is 18.6 Å². The minimum atomic E-state index is -0.388. The highest BCUT2D eigenvalue weighted by atomic mass is 16.7. The van der Waals surface area contributed by atoms with Crippen molar-refractivity contribution in [2.24, 2.45) is 0 Å². The van der Waals surface area contributed by atoms with Crippen LogP contribution in [0, 0.1) is 0 Å². The van der Waals surface area contributed by atoms with Gasteiger partial charge in [0, 0.05) is 13.0 Å². The van der Waals surface area contributed by atoms with Crippen LogP contribution >= 0.6 is 0 Å². The van der Waals surface area contributed by atoms with Gasteiger partial charge in [0.25, 0.3) is 0 Å². The molecule has 2 heterocycles. The predicted molar refractivity (Wildman–Crippen MR) is 66.9 cm³/mol. The van der Waals surface area contributed by atoms with Crippen LogP contribution in [0.5, 0.6) is 0 Å². The Hall–Kier alpha value is -1.26. The molecule has 2 aliphatic rings. The smallest absolute Gasteiger partial charge is 0.186 e. The van der Waals surface area contributed by atoms with Gasteiger partial charge in [-0.1, -0.05) is 12.1 Å². The first kappa shape index (κ1) is 10.9. The van der Waals surface area contributed by atoms with Crippen molar-refractivity contribution in [1.29, 1.82) is 0 Å². The van der Waals surface area contributed by atoms with Gasteiger partial charge >= 0.3 is 0 Å². The van der Waals surface area contributed by atoms with Gasteiger partial charge in [-0.25, -0.2) is 0 Å². The normalized spacial score (nSPS) is 23.2. The Morgan fingerprint density at radius 1 is 1.18 bits per heavy atom. The molecule has 0 bridgehead atoms. The summed E-state index contributed by atoms with van der Waals surface area (Å²) in [6.45, 7) is 3.21. The van der Waals surface area contributed by atoms with Gasteiger partial charge in [-0.3, -0.25) is 0 Å². The second-order valence-electron chi connectivity index (χ2n) is 4.69. The van der Waals surface area contributed by atoms with Crippen molar-refractivity contribution in [1.82, 2.24) is 0 Å². The highest BCUT2D eigenvalue weighted by Gasteiger charge is 2.41. The summed E-state index contributed by atoms with van der Waals surface area (Å²) in [7, 11) is 0. The van der Waals surface area contributed by atoms with Crippen molar-refractivity contribution in [2.75, 3.05) is 36.9 Å². The molecule has 4 heteroatoms. The number of anilines is 2. The summed E-state index contributed by atoms with van der Waals surface area (Å²) >= 11 is 0.